The van der Waals surface area contributed by atoms with Crippen molar-refractivity contribution in [2.45, 2.75) is 25.3 Å². The van der Waals surface area contributed by atoms with Crippen LogP contribution in [0.2, 0.25) is 0 Å². The van der Waals surface area contributed by atoms with Gasteiger partial charge in [0.25, 0.3) is 0 Å². The molecule has 0 atom stereocenters. The van der Waals surface area contributed by atoms with Crippen LogP contribution in [0.15, 0.2) is 77.8 Å². The summed E-state index contributed by atoms with van der Waals surface area (Å²) in [6, 6.07) is 17.5. The molecule has 3 rings (SSSR count). The first-order valence-electron chi connectivity index (χ1n) is 10.4. The van der Waals surface area contributed by atoms with Crippen LogP contribution < -0.4 is 4.90 Å². The number of benzene rings is 2. The van der Waals surface area contributed by atoms with Crippen molar-refractivity contribution in [1.29, 1.82) is 0 Å². The second kappa shape index (κ2) is 10.5. The second-order valence-corrected chi connectivity index (χ2v) is 9.15. The minimum absolute atomic E-state index is 0.0382. The molecule has 0 amide bonds. The first-order chi connectivity index (χ1) is 15.3. The van der Waals surface area contributed by atoms with Gasteiger partial charge in [-0.15, -0.1) is 0 Å². The molecule has 0 fully saturated rings. The average Bonchev–Trinajstić information content (AvgIpc) is 2.81. The Hall–Kier alpha value is -3.10. The molecular weight excluding hydrogens is 429 g/mol. The molecule has 6 nitrogen and oxygen atoms in total. The Kier molecular flexibility index (Phi) is 7.71. The lowest BCUT2D eigenvalue weighted by molar-refractivity contribution is 0.0998. The fraction of sp³-hybridized carbons (Fsp3) is 0.250. The number of hydrogen-bond acceptors (Lipinski definition) is 5. The molecule has 0 radical (unpaired) electrons. The highest BCUT2D eigenvalue weighted by atomic mass is 32.2. The van der Waals surface area contributed by atoms with Gasteiger partial charge in [-0.25, -0.2) is 17.8 Å². The maximum absolute atomic E-state index is 13.3. The Balaban J connectivity index is 1.81. The molecule has 0 bridgehead atoms. The zero-order valence-electron chi connectivity index (χ0n) is 18.1. The number of halogens is 1. The molecule has 1 aromatic heterocycles. The van der Waals surface area contributed by atoms with Crippen molar-refractivity contribution < 1.29 is 17.6 Å². The Morgan fingerprint density at radius 2 is 1.59 bits per heavy atom. The quantitative estimate of drug-likeness (QED) is 0.430. The predicted octanol–water partition coefficient (Wildman–Crippen LogP) is 4.14. The van der Waals surface area contributed by atoms with Gasteiger partial charge in [-0.05, 0) is 54.1 Å². The van der Waals surface area contributed by atoms with E-state index >= 15 is 0 Å². The number of sulfonamides is 1. The fourth-order valence-corrected chi connectivity index (χ4v) is 4.82. The molecular formula is C24H26FN3O3S. The number of ketones is 1. The number of carbonyl (C=O) groups is 1. The third-order valence-electron chi connectivity index (χ3n) is 5.11. The van der Waals surface area contributed by atoms with E-state index in [4.69, 9.17) is 0 Å². The van der Waals surface area contributed by atoms with Crippen LogP contribution in [0.25, 0.3) is 0 Å². The number of aromatic nitrogens is 1. The van der Waals surface area contributed by atoms with Gasteiger partial charge in [-0.1, -0.05) is 32.0 Å². The summed E-state index contributed by atoms with van der Waals surface area (Å²) in [5, 5.41) is 0. The topological polar surface area (TPSA) is 70.6 Å². The molecule has 2 aromatic carbocycles. The van der Waals surface area contributed by atoms with Crippen LogP contribution in [-0.4, -0.2) is 43.1 Å². The van der Waals surface area contributed by atoms with Crippen LogP contribution in [0.1, 0.15) is 29.8 Å². The molecule has 168 valence electrons. The molecule has 0 aliphatic heterocycles. The summed E-state index contributed by atoms with van der Waals surface area (Å²) in [5.41, 5.74) is 1.24. The summed E-state index contributed by atoms with van der Waals surface area (Å²) in [5.74, 6) is 0.115. The van der Waals surface area contributed by atoms with Crippen molar-refractivity contribution in [2.24, 2.45) is 0 Å². The molecule has 32 heavy (non-hydrogen) atoms. The van der Waals surface area contributed by atoms with Crippen molar-refractivity contribution in [1.82, 2.24) is 9.29 Å². The molecule has 0 saturated carbocycles. The second-order valence-electron chi connectivity index (χ2n) is 7.21. The highest BCUT2D eigenvalue weighted by Gasteiger charge is 2.22. The van der Waals surface area contributed by atoms with Gasteiger partial charge < -0.3 is 4.90 Å². The van der Waals surface area contributed by atoms with E-state index in [9.17, 15) is 17.6 Å². The number of nitrogens with zero attached hydrogens (tertiary/aromatic N) is 3. The number of anilines is 1. The Labute approximate surface area is 188 Å². The predicted molar refractivity (Wildman–Crippen MR) is 123 cm³/mol. The summed E-state index contributed by atoms with van der Waals surface area (Å²) in [4.78, 5) is 19.3. The van der Waals surface area contributed by atoms with Gasteiger partial charge in [-0.3, -0.25) is 4.79 Å². The van der Waals surface area contributed by atoms with E-state index in [-0.39, 0.29) is 23.0 Å². The number of carbonyl (C=O) groups excluding carboxylic acids is 1. The standard InChI is InChI=1S/C24H26FN3O3S/c1-3-28(4-2)32(30,31)22-14-10-20(11-15-22)23(29)18-27(24-7-5-6-16-26-24)17-19-8-12-21(25)13-9-19/h5-16H,3-4,17-18H2,1-2H3. The largest absolute Gasteiger partial charge is 0.345 e. The van der Waals surface area contributed by atoms with Gasteiger partial charge in [0.1, 0.15) is 11.6 Å². The van der Waals surface area contributed by atoms with Gasteiger partial charge in [0.15, 0.2) is 5.78 Å². The third kappa shape index (κ3) is 5.57. The van der Waals surface area contributed by atoms with Crippen molar-refractivity contribution in [3.8, 4) is 0 Å². The molecule has 0 aliphatic carbocycles. The lowest BCUT2D eigenvalue weighted by Crippen LogP contribution is -2.31. The van der Waals surface area contributed by atoms with Crippen LogP contribution in [0.3, 0.4) is 0 Å². The number of rotatable bonds is 10. The van der Waals surface area contributed by atoms with E-state index < -0.39 is 10.0 Å². The van der Waals surface area contributed by atoms with Crippen molar-refractivity contribution >= 4 is 21.6 Å². The van der Waals surface area contributed by atoms with Crippen LogP contribution in [0, 0.1) is 5.82 Å². The molecule has 0 spiro atoms. The molecule has 8 heteroatoms. The molecule has 0 N–H and O–H groups in total. The molecule has 0 aliphatic rings. The van der Waals surface area contributed by atoms with E-state index in [1.54, 1.807) is 49.2 Å². The first kappa shape index (κ1) is 23.6. The highest BCUT2D eigenvalue weighted by molar-refractivity contribution is 7.89. The maximum Gasteiger partial charge on any atom is 0.243 e. The number of pyridine rings is 1. The van der Waals surface area contributed by atoms with Crippen molar-refractivity contribution in [3.63, 3.8) is 0 Å². The smallest absolute Gasteiger partial charge is 0.243 e. The first-order valence-corrected chi connectivity index (χ1v) is 11.8. The minimum atomic E-state index is -3.58. The molecule has 1 heterocycles. The van der Waals surface area contributed by atoms with E-state index in [1.165, 1.54) is 40.7 Å². The van der Waals surface area contributed by atoms with Crippen LogP contribution >= 0.6 is 0 Å². The summed E-state index contributed by atoms with van der Waals surface area (Å²) in [6.07, 6.45) is 1.64. The lowest BCUT2D eigenvalue weighted by Gasteiger charge is -2.23. The lowest BCUT2D eigenvalue weighted by atomic mass is 10.1. The molecule has 0 saturated heterocycles. The summed E-state index contributed by atoms with van der Waals surface area (Å²) >= 11 is 0. The Bertz CT molecular complexity index is 1130. The van der Waals surface area contributed by atoms with E-state index in [0.29, 0.717) is 31.0 Å². The third-order valence-corrected chi connectivity index (χ3v) is 7.18. The fourth-order valence-electron chi connectivity index (χ4n) is 3.36. The molecule has 3 aromatic rings. The van der Waals surface area contributed by atoms with Crippen LogP contribution in [-0.2, 0) is 16.6 Å². The van der Waals surface area contributed by atoms with Gasteiger partial charge >= 0.3 is 0 Å². The zero-order chi connectivity index (χ0) is 23.1. The SMILES string of the molecule is CCN(CC)S(=O)(=O)c1ccc(C(=O)CN(Cc2ccc(F)cc2)c2ccccn2)cc1. The van der Waals surface area contributed by atoms with Gasteiger partial charge in [0.05, 0.1) is 11.4 Å². The van der Waals surface area contributed by atoms with Gasteiger partial charge in [0.2, 0.25) is 10.0 Å². The van der Waals surface area contributed by atoms with E-state index in [0.717, 1.165) is 5.56 Å². The zero-order valence-corrected chi connectivity index (χ0v) is 18.9. The van der Waals surface area contributed by atoms with E-state index in [1.807, 2.05) is 6.07 Å². The van der Waals surface area contributed by atoms with Crippen molar-refractivity contribution in [3.05, 3.63) is 89.9 Å². The maximum atomic E-state index is 13.3. The molecule has 0 unspecified atom stereocenters. The average molecular weight is 456 g/mol. The summed E-state index contributed by atoms with van der Waals surface area (Å²) in [6.45, 7) is 4.73. The van der Waals surface area contributed by atoms with Crippen molar-refractivity contribution in [2.75, 3.05) is 24.5 Å². The minimum Gasteiger partial charge on any atom is -0.345 e. The highest BCUT2D eigenvalue weighted by Crippen LogP contribution is 2.19. The van der Waals surface area contributed by atoms with Gasteiger partial charge in [-0.2, -0.15) is 4.31 Å². The Morgan fingerprint density at radius 1 is 0.938 bits per heavy atom. The summed E-state index contributed by atoms with van der Waals surface area (Å²) in [7, 11) is -3.58. The van der Waals surface area contributed by atoms with E-state index in [2.05, 4.69) is 4.98 Å². The monoisotopic (exact) mass is 455 g/mol. The number of hydrogen-bond donors (Lipinski definition) is 0. The number of Topliss-reactive ketones (excluding diaryl/α,β-unsaturated/α-hetero) is 1. The Morgan fingerprint density at radius 3 is 2.16 bits per heavy atom. The normalized spacial score (nSPS) is 11.5. The van der Waals surface area contributed by atoms with Crippen LogP contribution in [0.5, 0.6) is 0 Å². The van der Waals surface area contributed by atoms with Crippen LogP contribution in [0.4, 0.5) is 10.2 Å². The summed E-state index contributed by atoms with van der Waals surface area (Å²) < 4.78 is 40.0. The van der Waals surface area contributed by atoms with Gasteiger partial charge in [0, 0.05) is 31.4 Å².